The van der Waals surface area contributed by atoms with Crippen LogP contribution in [0.4, 0.5) is 0 Å². The van der Waals surface area contributed by atoms with Gasteiger partial charge in [-0.3, -0.25) is 9.59 Å². The first kappa shape index (κ1) is 15.1. The number of Topliss-reactive ketones (excluding diaryl/α,β-unsaturated/α-hetero) is 2. The maximum absolute atomic E-state index is 11.8. The van der Waals surface area contributed by atoms with Crippen LogP contribution in [0.25, 0.3) is 11.1 Å². The number of hydrogen-bond acceptors (Lipinski definition) is 2. The molecule has 2 rings (SSSR count). The fourth-order valence-electron chi connectivity index (χ4n) is 2.09. The van der Waals surface area contributed by atoms with Crippen LogP contribution in [0.5, 0.6) is 0 Å². The Bertz CT molecular complexity index is 644. The van der Waals surface area contributed by atoms with Gasteiger partial charge in [0.1, 0.15) is 0 Å². The lowest BCUT2D eigenvalue weighted by atomic mass is 9.92. The fourth-order valence-corrected chi connectivity index (χ4v) is 2.81. The van der Waals surface area contributed by atoms with E-state index in [4.69, 9.17) is 0 Å². The van der Waals surface area contributed by atoms with Crippen LogP contribution in [0.15, 0.2) is 45.3 Å². The van der Waals surface area contributed by atoms with Crippen LogP contribution in [0.1, 0.15) is 34.6 Å². The van der Waals surface area contributed by atoms with Crippen LogP contribution in [0.3, 0.4) is 0 Å². The first-order valence-corrected chi connectivity index (χ1v) is 7.60. The number of carbonyl (C=O) groups excluding carboxylic acids is 2. The number of rotatable bonds is 3. The second-order valence-electron chi connectivity index (χ2n) is 4.49. The minimum absolute atomic E-state index is 0.0290. The first-order valence-electron chi connectivity index (χ1n) is 6.01. The van der Waals surface area contributed by atoms with Gasteiger partial charge >= 0.3 is 0 Å². The zero-order valence-corrected chi connectivity index (χ0v) is 14.2. The maximum atomic E-state index is 11.8. The molecule has 0 amide bonds. The minimum atomic E-state index is -0.0290. The van der Waals surface area contributed by atoms with E-state index in [9.17, 15) is 9.59 Å². The summed E-state index contributed by atoms with van der Waals surface area (Å²) in [5, 5.41) is 0. The molecule has 0 atom stereocenters. The normalized spacial score (nSPS) is 10.4. The quantitative estimate of drug-likeness (QED) is 0.662. The molecule has 102 valence electrons. The molecular formula is C16H12Br2O2. The number of carbonyl (C=O) groups is 2. The van der Waals surface area contributed by atoms with Gasteiger partial charge in [0.05, 0.1) is 0 Å². The third kappa shape index (κ3) is 3.07. The van der Waals surface area contributed by atoms with Gasteiger partial charge in [-0.1, -0.05) is 44.0 Å². The number of halogens is 2. The summed E-state index contributed by atoms with van der Waals surface area (Å²) in [7, 11) is 0. The molecule has 4 heteroatoms. The molecule has 2 nitrogen and oxygen atoms in total. The molecule has 0 aliphatic carbocycles. The molecule has 0 unspecified atom stereocenters. The van der Waals surface area contributed by atoms with E-state index in [-0.39, 0.29) is 11.6 Å². The summed E-state index contributed by atoms with van der Waals surface area (Å²) in [5.41, 5.74) is 2.75. The Labute approximate surface area is 134 Å². The summed E-state index contributed by atoms with van der Waals surface area (Å²) in [5.74, 6) is -0.0579. The van der Waals surface area contributed by atoms with Gasteiger partial charge in [0.2, 0.25) is 0 Å². The van der Waals surface area contributed by atoms with Crippen molar-refractivity contribution in [2.75, 3.05) is 0 Å². The van der Waals surface area contributed by atoms with Crippen LogP contribution in [-0.2, 0) is 0 Å². The fraction of sp³-hybridized carbons (Fsp3) is 0.125. The predicted octanol–water partition coefficient (Wildman–Crippen LogP) is 5.28. The van der Waals surface area contributed by atoms with Crippen molar-refractivity contribution in [1.29, 1.82) is 0 Å². The summed E-state index contributed by atoms with van der Waals surface area (Å²) in [6, 6.07) is 11.0. The molecule has 20 heavy (non-hydrogen) atoms. The van der Waals surface area contributed by atoms with E-state index in [0.717, 1.165) is 20.1 Å². The lowest BCUT2D eigenvalue weighted by Gasteiger charge is -2.12. The monoisotopic (exact) mass is 394 g/mol. The standard InChI is InChI=1S/C16H12Br2O2/c1-9(19)15-7-11(17)3-5-13(15)14-6-4-12(18)8-16(14)10(2)20/h3-8H,1-2H3. The van der Waals surface area contributed by atoms with E-state index in [1.807, 2.05) is 24.3 Å². The van der Waals surface area contributed by atoms with E-state index in [1.54, 1.807) is 12.1 Å². The Morgan fingerprint density at radius 1 is 0.750 bits per heavy atom. The molecule has 2 aromatic rings. The van der Waals surface area contributed by atoms with Gasteiger partial charge in [-0.2, -0.15) is 0 Å². The highest BCUT2D eigenvalue weighted by Crippen LogP contribution is 2.31. The van der Waals surface area contributed by atoms with Crippen molar-refractivity contribution in [3.8, 4) is 11.1 Å². The van der Waals surface area contributed by atoms with Gasteiger partial charge < -0.3 is 0 Å². The number of hydrogen-bond donors (Lipinski definition) is 0. The molecule has 0 fully saturated rings. The van der Waals surface area contributed by atoms with Crippen molar-refractivity contribution in [2.45, 2.75) is 13.8 Å². The van der Waals surface area contributed by atoms with Crippen LogP contribution in [0, 0.1) is 0 Å². The highest BCUT2D eigenvalue weighted by atomic mass is 79.9. The zero-order valence-electron chi connectivity index (χ0n) is 11.0. The lowest BCUT2D eigenvalue weighted by molar-refractivity contribution is 0.100. The smallest absolute Gasteiger partial charge is 0.160 e. The molecule has 0 aliphatic heterocycles. The zero-order chi connectivity index (χ0) is 14.9. The van der Waals surface area contributed by atoms with E-state index < -0.39 is 0 Å². The Morgan fingerprint density at radius 2 is 1.10 bits per heavy atom. The predicted molar refractivity (Wildman–Crippen MR) is 87.3 cm³/mol. The molecule has 0 saturated heterocycles. The molecule has 0 aromatic heterocycles. The Hall–Kier alpha value is -1.26. The van der Waals surface area contributed by atoms with Gasteiger partial charge in [0.15, 0.2) is 11.6 Å². The molecule has 0 saturated carbocycles. The Kier molecular flexibility index (Phi) is 4.55. The van der Waals surface area contributed by atoms with Crippen molar-refractivity contribution < 1.29 is 9.59 Å². The first-order chi connectivity index (χ1) is 9.40. The van der Waals surface area contributed by atoms with Crippen molar-refractivity contribution >= 4 is 43.4 Å². The topological polar surface area (TPSA) is 34.1 Å². The minimum Gasteiger partial charge on any atom is -0.294 e. The summed E-state index contributed by atoms with van der Waals surface area (Å²) in [4.78, 5) is 23.6. The molecule has 0 aliphatic rings. The third-order valence-electron chi connectivity index (χ3n) is 3.01. The van der Waals surface area contributed by atoms with Gasteiger partial charge in [0, 0.05) is 20.1 Å². The van der Waals surface area contributed by atoms with Crippen LogP contribution in [-0.4, -0.2) is 11.6 Å². The van der Waals surface area contributed by atoms with Gasteiger partial charge in [-0.05, 0) is 49.2 Å². The van der Waals surface area contributed by atoms with Crippen molar-refractivity contribution in [3.63, 3.8) is 0 Å². The summed E-state index contributed by atoms with van der Waals surface area (Å²) >= 11 is 6.74. The summed E-state index contributed by atoms with van der Waals surface area (Å²) < 4.78 is 1.68. The van der Waals surface area contributed by atoms with Crippen molar-refractivity contribution in [2.24, 2.45) is 0 Å². The molecule has 0 bridgehead atoms. The largest absolute Gasteiger partial charge is 0.294 e. The molecule has 0 radical (unpaired) electrons. The van der Waals surface area contributed by atoms with E-state index in [0.29, 0.717) is 11.1 Å². The second kappa shape index (κ2) is 6.02. The van der Waals surface area contributed by atoms with Crippen molar-refractivity contribution in [3.05, 3.63) is 56.5 Å². The molecule has 0 heterocycles. The highest BCUT2D eigenvalue weighted by Gasteiger charge is 2.15. The Balaban J connectivity index is 2.75. The molecule has 0 N–H and O–H groups in total. The van der Waals surface area contributed by atoms with Gasteiger partial charge in [-0.25, -0.2) is 0 Å². The summed E-state index contributed by atoms with van der Waals surface area (Å²) in [6.45, 7) is 3.05. The van der Waals surface area contributed by atoms with Gasteiger partial charge in [0.25, 0.3) is 0 Å². The SMILES string of the molecule is CC(=O)c1cc(Br)ccc1-c1ccc(Br)cc1C(C)=O. The molecular weight excluding hydrogens is 384 g/mol. The van der Waals surface area contributed by atoms with Crippen molar-refractivity contribution in [1.82, 2.24) is 0 Å². The number of ketones is 2. The van der Waals surface area contributed by atoms with Crippen LogP contribution in [0.2, 0.25) is 0 Å². The average Bonchev–Trinajstić information content (AvgIpc) is 2.38. The summed E-state index contributed by atoms with van der Waals surface area (Å²) in [6.07, 6.45) is 0. The van der Waals surface area contributed by atoms with E-state index in [1.165, 1.54) is 13.8 Å². The van der Waals surface area contributed by atoms with E-state index in [2.05, 4.69) is 31.9 Å². The molecule has 2 aromatic carbocycles. The Morgan fingerprint density at radius 3 is 1.40 bits per heavy atom. The van der Waals surface area contributed by atoms with Crippen LogP contribution < -0.4 is 0 Å². The number of benzene rings is 2. The van der Waals surface area contributed by atoms with Crippen LogP contribution >= 0.6 is 31.9 Å². The lowest BCUT2D eigenvalue weighted by Crippen LogP contribution is -2.01. The van der Waals surface area contributed by atoms with E-state index >= 15 is 0 Å². The average molecular weight is 396 g/mol. The van der Waals surface area contributed by atoms with Gasteiger partial charge in [-0.15, -0.1) is 0 Å². The highest BCUT2D eigenvalue weighted by molar-refractivity contribution is 9.10. The maximum Gasteiger partial charge on any atom is 0.160 e. The third-order valence-corrected chi connectivity index (χ3v) is 4.00. The second-order valence-corrected chi connectivity index (χ2v) is 6.32. The molecule has 0 spiro atoms.